The predicted octanol–water partition coefficient (Wildman–Crippen LogP) is 15.2. The van der Waals surface area contributed by atoms with E-state index in [4.69, 9.17) is 0 Å². The zero-order chi connectivity index (χ0) is 37.5. The van der Waals surface area contributed by atoms with Crippen LogP contribution in [0.25, 0.3) is 109 Å². The number of para-hydroxylation sites is 2. The summed E-state index contributed by atoms with van der Waals surface area (Å²) in [6.07, 6.45) is 0. The molecule has 12 rings (SSSR count). The number of aromatic nitrogens is 2. The van der Waals surface area contributed by atoms with E-state index in [0.717, 1.165) is 11.4 Å². The van der Waals surface area contributed by atoms with Gasteiger partial charge in [0.15, 0.2) is 0 Å². The Balaban J connectivity index is 0.993. The van der Waals surface area contributed by atoms with E-state index in [1.807, 2.05) is 11.3 Å². The highest BCUT2D eigenvalue weighted by molar-refractivity contribution is 7.26. The Hall–Kier alpha value is -7.20. The van der Waals surface area contributed by atoms with E-state index in [9.17, 15) is 0 Å². The average molecular weight is 743 g/mol. The first-order valence-corrected chi connectivity index (χ1v) is 20.3. The van der Waals surface area contributed by atoms with Crippen molar-refractivity contribution in [2.75, 3.05) is 0 Å². The third-order valence-electron chi connectivity index (χ3n) is 11.7. The summed E-state index contributed by atoms with van der Waals surface area (Å²) in [6, 6.07) is 75.5. The normalized spacial score (nSPS) is 11.9. The number of rotatable bonds is 5. The van der Waals surface area contributed by atoms with Crippen LogP contribution in [0.5, 0.6) is 0 Å². The summed E-state index contributed by atoms with van der Waals surface area (Å²) in [6.45, 7) is 0. The van der Waals surface area contributed by atoms with Crippen LogP contribution in [-0.2, 0) is 0 Å². The maximum Gasteiger partial charge on any atom is 0.0641 e. The fourth-order valence-corrected chi connectivity index (χ4v) is 10.4. The van der Waals surface area contributed by atoms with E-state index in [-0.39, 0.29) is 0 Å². The molecule has 0 spiro atoms. The van der Waals surface area contributed by atoms with Crippen molar-refractivity contribution in [2.45, 2.75) is 0 Å². The lowest BCUT2D eigenvalue weighted by Gasteiger charge is -2.12. The summed E-state index contributed by atoms with van der Waals surface area (Å²) in [5.74, 6) is 0. The average Bonchev–Trinajstić information content (AvgIpc) is 3.95. The molecule has 0 amide bonds. The topological polar surface area (TPSA) is 9.86 Å². The molecule has 0 saturated carbocycles. The second-order valence-electron chi connectivity index (χ2n) is 14.9. The van der Waals surface area contributed by atoms with Gasteiger partial charge >= 0.3 is 0 Å². The van der Waals surface area contributed by atoms with Gasteiger partial charge in [-0.15, -0.1) is 11.3 Å². The van der Waals surface area contributed by atoms with Gasteiger partial charge < -0.3 is 9.13 Å². The Morgan fingerprint density at radius 2 is 0.912 bits per heavy atom. The van der Waals surface area contributed by atoms with Crippen LogP contribution in [0.15, 0.2) is 206 Å². The smallest absolute Gasteiger partial charge is 0.0641 e. The third-order valence-corrected chi connectivity index (χ3v) is 13.0. The van der Waals surface area contributed by atoms with Gasteiger partial charge in [-0.25, -0.2) is 0 Å². The largest absolute Gasteiger partial charge is 0.309 e. The monoisotopic (exact) mass is 742 g/mol. The molecule has 0 aliphatic heterocycles. The molecule has 0 aliphatic rings. The van der Waals surface area contributed by atoms with Crippen molar-refractivity contribution in [3.63, 3.8) is 0 Å². The summed E-state index contributed by atoms with van der Waals surface area (Å²) in [5.41, 5.74) is 14.5. The Kier molecular flexibility index (Phi) is 7.13. The maximum absolute atomic E-state index is 2.47. The first-order valence-electron chi connectivity index (χ1n) is 19.5. The van der Waals surface area contributed by atoms with Crippen LogP contribution in [0.4, 0.5) is 0 Å². The van der Waals surface area contributed by atoms with Crippen molar-refractivity contribution in [2.24, 2.45) is 0 Å². The number of thiophene rings is 1. The summed E-state index contributed by atoms with van der Waals surface area (Å²) in [7, 11) is 0. The fourth-order valence-electron chi connectivity index (χ4n) is 9.13. The van der Waals surface area contributed by atoms with Gasteiger partial charge in [0.25, 0.3) is 0 Å². The lowest BCUT2D eigenvalue weighted by molar-refractivity contribution is 1.17. The zero-order valence-electron chi connectivity index (χ0n) is 30.9. The van der Waals surface area contributed by atoms with Crippen LogP contribution in [0, 0.1) is 0 Å². The highest BCUT2D eigenvalue weighted by atomic mass is 32.1. The second-order valence-corrected chi connectivity index (χ2v) is 15.9. The minimum Gasteiger partial charge on any atom is -0.309 e. The molecule has 57 heavy (non-hydrogen) atoms. The molecule has 3 heteroatoms. The molecular weight excluding hydrogens is 709 g/mol. The molecule has 0 atom stereocenters. The van der Waals surface area contributed by atoms with Crippen LogP contribution < -0.4 is 0 Å². The van der Waals surface area contributed by atoms with E-state index in [1.54, 1.807) is 0 Å². The van der Waals surface area contributed by atoms with Gasteiger partial charge in [0.2, 0.25) is 0 Å². The van der Waals surface area contributed by atoms with Gasteiger partial charge in [0.05, 0.1) is 22.1 Å². The number of nitrogens with zero attached hydrogens (tertiary/aromatic N) is 2. The van der Waals surface area contributed by atoms with Crippen molar-refractivity contribution in [3.8, 4) is 44.8 Å². The van der Waals surface area contributed by atoms with Gasteiger partial charge in [-0.05, 0) is 81.9 Å². The maximum atomic E-state index is 2.47. The minimum atomic E-state index is 1.15. The molecule has 0 bridgehead atoms. The molecule has 3 aromatic heterocycles. The third kappa shape index (κ3) is 4.96. The van der Waals surface area contributed by atoms with E-state index in [1.165, 1.54) is 97.2 Å². The fraction of sp³-hybridized carbons (Fsp3) is 0. The molecule has 266 valence electrons. The molecule has 2 nitrogen and oxygen atoms in total. The van der Waals surface area contributed by atoms with Gasteiger partial charge in [-0.1, -0.05) is 158 Å². The van der Waals surface area contributed by atoms with Crippen molar-refractivity contribution in [1.82, 2.24) is 9.13 Å². The molecule has 0 radical (unpaired) electrons. The quantitative estimate of drug-likeness (QED) is 0.166. The lowest BCUT2D eigenvalue weighted by atomic mass is 9.99. The van der Waals surface area contributed by atoms with Crippen LogP contribution >= 0.6 is 11.3 Å². The molecule has 0 unspecified atom stereocenters. The summed E-state index contributed by atoms with van der Waals surface area (Å²) >= 11 is 1.88. The molecule has 0 saturated heterocycles. The Bertz CT molecular complexity index is 3490. The van der Waals surface area contributed by atoms with Crippen molar-refractivity contribution in [3.05, 3.63) is 206 Å². The van der Waals surface area contributed by atoms with E-state index < -0.39 is 0 Å². The minimum absolute atomic E-state index is 1.15. The van der Waals surface area contributed by atoms with Gasteiger partial charge in [0.1, 0.15) is 0 Å². The summed E-state index contributed by atoms with van der Waals surface area (Å²) in [5, 5.41) is 7.68. The van der Waals surface area contributed by atoms with E-state index >= 15 is 0 Å². The number of hydrogen-bond donors (Lipinski definition) is 0. The first-order chi connectivity index (χ1) is 28.3. The highest BCUT2D eigenvalue weighted by Gasteiger charge is 2.21. The van der Waals surface area contributed by atoms with Crippen molar-refractivity contribution >= 4 is 75.1 Å². The molecule has 0 fully saturated rings. The van der Waals surface area contributed by atoms with Crippen molar-refractivity contribution < 1.29 is 0 Å². The van der Waals surface area contributed by atoms with Gasteiger partial charge in [0, 0.05) is 53.1 Å². The summed E-state index contributed by atoms with van der Waals surface area (Å²) in [4.78, 5) is 0. The molecular formula is C54H34N2S. The number of benzene rings is 9. The zero-order valence-corrected chi connectivity index (χ0v) is 31.7. The van der Waals surface area contributed by atoms with Crippen LogP contribution in [0.3, 0.4) is 0 Å². The van der Waals surface area contributed by atoms with E-state index in [0.29, 0.717) is 0 Å². The SMILES string of the molecule is c1ccc(-c2cccc(-n3c4ccccc4c4c3ccc3c5ccccc5n(-c5ccc(-c6ccc(-c7cccc8c7sc7ccccc78)cc6)cc5)c34)c2)cc1. The van der Waals surface area contributed by atoms with Crippen LogP contribution in [-0.4, -0.2) is 9.13 Å². The van der Waals surface area contributed by atoms with Crippen molar-refractivity contribution in [1.29, 1.82) is 0 Å². The Labute approximate surface area is 333 Å². The van der Waals surface area contributed by atoms with Crippen LogP contribution in [0.1, 0.15) is 0 Å². The molecule has 3 heterocycles. The molecule has 0 aliphatic carbocycles. The highest BCUT2D eigenvalue weighted by Crippen LogP contribution is 2.43. The number of hydrogen-bond acceptors (Lipinski definition) is 1. The summed E-state index contributed by atoms with van der Waals surface area (Å²) < 4.78 is 7.59. The van der Waals surface area contributed by atoms with Gasteiger partial charge in [-0.3, -0.25) is 0 Å². The lowest BCUT2D eigenvalue weighted by Crippen LogP contribution is -1.96. The first kappa shape index (κ1) is 32.1. The Morgan fingerprint density at radius 3 is 1.72 bits per heavy atom. The predicted molar refractivity (Wildman–Crippen MR) is 244 cm³/mol. The Morgan fingerprint density at radius 1 is 0.316 bits per heavy atom. The van der Waals surface area contributed by atoms with E-state index in [2.05, 4.69) is 215 Å². The van der Waals surface area contributed by atoms with Crippen LogP contribution in [0.2, 0.25) is 0 Å². The molecule has 9 aromatic carbocycles. The molecule has 12 aromatic rings. The number of fused-ring (bicyclic) bond motifs is 10. The van der Waals surface area contributed by atoms with Gasteiger partial charge in [-0.2, -0.15) is 0 Å². The standard InChI is InChI=1S/C54H34N2S/c1-2-12-35(13-3-1)39-14-10-15-41(34-39)55-49-22-8-5-18-47(49)52-50(55)33-32-45-43-16-4-7-21-48(43)56(53(45)52)40-30-28-37(29-31-40)36-24-26-38(27-25-36)42-19-11-20-46-44-17-6-9-23-51(44)57-54(42)46/h1-34H. The molecule has 0 N–H and O–H groups in total. The second kappa shape index (κ2) is 12.7.